The van der Waals surface area contributed by atoms with Crippen LogP contribution in [0.25, 0.3) is 0 Å². The molecule has 0 saturated heterocycles. The van der Waals surface area contributed by atoms with Gasteiger partial charge in [0, 0.05) is 43.3 Å². The van der Waals surface area contributed by atoms with Crippen LogP contribution in [0.2, 0.25) is 0 Å². The lowest BCUT2D eigenvalue weighted by Gasteiger charge is -2.20. The van der Waals surface area contributed by atoms with Gasteiger partial charge in [0.15, 0.2) is 7.98 Å². The summed E-state index contributed by atoms with van der Waals surface area (Å²) in [4.78, 5) is 18.9. The number of aromatic nitrogens is 2. The molecule has 3 N–H and O–H groups in total. The lowest BCUT2D eigenvalue weighted by Crippen LogP contribution is -2.38. The predicted octanol–water partition coefficient (Wildman–Crippen LogP) is 13.9. The van der Waals surface area contributed by atoms with E-state index in [4.69, 9.17) is 17.9 Å². The Labute approximate surface area is 325 Å². The maximum Gasteiger partial charge on any atom is 0.300 e. The van der Waals surface area contributed by atoms with Crippen LogP contribution in [-0.4, -0.2) is 67.2 Å². The Morgan fingerprint density at radius 3 is 1.35 bits per heavy atom. The summed E-state index contributed by atoms with van der Waals surface area (Å²) in [6, 6.07) is 0. The Kier molecular flexibility index (Phi) is 181. The Hall–Kier alpha value is -1.33. The molecule has 0 saturated carbocycles. The molecule has 1 unspecified atom stereocenters. The summed E-state index contributed by atoms with van der Waals surface area (Å²) in [6.45, 7) is 25.5. The minimum absolute atomic E-state index is 0. The van der Waals surface area contributed by atoms with Gasteiger partial charge in [0.1, 0.15) is 0 Å². The number of likely N-dealkylation sites (N-methyl/N-ethyl adjacent to an activating group) is 1. The van der Waals surface area contributed by atoms with Crippen molar-refractivity contribution in [3.63, 3.8) is 0 Å². The van der Waals surface area contributed by atoms with Crippen molar-refractivity contribution in [2.75, 3.05) is 33.4 Å². The number of carboxylic acid groups (broad SMARTS) is 1. The molecule has 7 nitrogen and oxygen atoms in total. The smallest absolute Gasteiger partial charge is 0.300 e. The summed E-state index contributed by atoms with van der Waals surface area (Å²) in [5, 5.41) is 20.3. The fourth-order valence-electron chi connectivity index (χ4n) is 2.46. The molecule has 2 radical (unpaired) electrons. The van der Waals surface area contributed by atoms with Crippen molar-refractivity contribution in [3.05, 3.63) is 33.2 Å². The van der Waals surface area contributed by atoms with Crippen molar-refractivity contribution >= 4 is 36.6 Å². The molecule has 1 atom stereocenters. The van der Waals surface area contributed by atoms with Gasteiger partial charge < -0.3 is 20.6 Å². The number of nitrogens with one attached hydrogen (secondary N) is 2. The summed E-state index contributed by atoms with van der Waals surface area (Å²) in [5.74, 6) is -0.0345. The van der Waals surface area contributed by atoms with Crippen LogP contribution in [0, 0.1) is 5.92 Å². The number of aryl methyl sites for hydroxylation is 2. The first-order chi connectivity index (χ1) is 18.8. The van der Waals surface area contributed by atoms with Crippen molar-refractivity contribution in [1.29, 1.82) is 0 Å². The minimum atomic E-state index is -0.833. The van der Waals surface area contributed by atoms with Gasteiger partial charge in [-0.2, -0.15) is 0 Å². The molecule has 0 aliphatic heterocycles. The van der Waals surface area contributed by atoms with E-state index in [-0.39, 0.29) is 74.3 Å². The average molecular weight is 748 g/mol. The number of aliphatic carboxylic acids is 1. The zero-order chi connectivity index (χ0) is 31.3. The summed E-state index contributed by atoms with van der Waals surface area (Å²) in [5.41, 5.74) is 0. The first-order valence-electron chi connectivity index (χ1n) is 14.6. The van der Waals surface area contributed by atoms with E-state index in [1.165, 1.54) is 29.3 Å². The SMILES string of the molecule is C.C.C.C.C.C.C.C.C.C.CC.CC.CC.CC(=O)O.CCc1nccs1.CCc1nccs1.[B]N(CCNC)CNCC(CC)CCC. The largest absolute Gasteiger partial charge is 0.481 e. The van der Waals surface area contributed by atoms with Crippen LogP contribution in [0.4, 0.5) is 0 Å². The van der Waals surface area contributed by atoms with Gasteiger partial charge >= 0.3 is 0 Å². The lowest BCUT2D eigenvalue weighted by molar-refractivity contribution is -0.134. The number of carboxylic acids is 1. The van der Waals surface area contributed by atoms with E-state index >= 15 is 0 Å². The first-order valence-corrected chi connectivity index (χ1v) is 16.4. The number of nitrogens with zero attached hydrogens (tertiary/aromatic N) is 3. The molecule has 0 fully saturated rings. The van der Waals surface area contributed by atoms with E-state index in [1.54, 1.807) is 22.7 Å². The third-order valence-corrected chi connectivity index (χ3v) is 6.09. The zero-order valence-electron chi connectivity index (χ0n) is 27.3. The molecule has 2 aromatic heterocycles. The summed E-state index contributed by atoms with van der Waals surface area (Å²) < 4.78 is 0. The minimum Gasteiger partial charge on any atom is -0.481 e. The van der Waals surface area contributed by atoms with Crippen LogP contribution < -0.4 is 10.6 Å². The molecule has 0 amide bonds. The van der Waals surface area contributed by atoms with E-state index in [1.807, 2.05) is 76.6 Å². The van der Waals surface area contributed by atoms with E-state index in [0.717, 1.165) is 52.0 Å². The Balaban J connectivity index is -0.0000000229. The molecule has 49 heavy (non-hydrogen) atoms. The highest BCUT2D eigenvalue weighted by Crippen LogP contribution is 2.08. The number of thiazole rings is 2. The van der Waals surface area contributed by atoms with E-state index in [0.29, 0.717) is 0 Å². The third kappa shape index (κ3) is 92.8. The van der Waals surface area contributed by atoms with Crippen LogP contribution in [0.15, 0.2) is 23.2 Å². The van der Waals surface area contributed by atoms with Crippen molar-refractivity contribution in [1.82, 2.24) is 25.4 Å². The molecule has 0 aliphatic rings. The van der Waals surface area contributed by atoms with Crippen molar-refractivity contribution in [2.45, 2.75) is 183 Å². The van der Waals surface area contributed by atoms with Crippen LogP contribution >= 0.6 is 22.7 Å². The van der Waals surface area contributed by atoms with E-state index in [9.17, 15) is 0 Å². The lowest BCUT2D eigenvalue weighted by atomic mass is 10.0. The molecule has 0 aromatic carbocycles. The quantitative estimate of drug-likeness (QED) is 0.147. The maximum absolute atomic E-state index is 9.00. The van der Waals surface area contributed by atoms with Gasteiger partial charge in [0.25, 0.3) is 5.97 Å². The molecule has 2 rings (SSSR count). The molecule has 10 heteroatoms. The van der Waals surface area contributed by atoms with Gasteiger partial charge in [0.05, 0.1) is 10.0 Å². The Morgan fingerprint density at radius 1 is 0.796 bits per heavy atom. The van der Waals surface area contributed by atoms with Crippen molar-refractivity contribution < 1.29 is 9.90 Å². The summed E-state index contributed by atoms with van der Waals surface area (Å²) in [6.07, 6.45) is 9.64. The molecule has 0 bridgehead atoms. The van der Waals surface area contributed by atoms with E-state index < -0.39 is 5.97 Å². The Morgan fingerprint density at radius 2 is 1.14 bits per heavy atom. The Bertz CT molecular complexity index is 599. The van der Waals surface area contributed by atoms with Gasteiger partial charge in [0.2, 0.25) is 0 Å². The number of rotatable bonds is 12. The summed E-state index contributed by atoms with van der Waals surface area (Å²) >= 11 is 3.42. The van der Waals surface area contributed by atoms with Crippen LogP contribution in [0.5, 0.6) is 0 Å². The highest BCUT2D eigenvalue weighted by Gasteiger charge is 2.04. The second kappa shape index (κ2) is 91.2. The zero-order valence-corrected chi connectivity index (χ0v) is 29.0. The maximum atomic E-state index is 9.00. The number of hydrogen-bond donors (Lipinski definition) is 3. The molecular formula is C39H102BN5O2S2. The van der Waals surface area contributed by atoms with E-state index in [2.05, 4.69) is 48.3 Å². The first kappa shape index (κ1) is 97.3. The highest BCUT2D eigenvalue weighted by atomic mass is 32.1. The van der Waals surface area contributed by atoms with Crippen molar-refractivity contribution in [3.8, 4) is 0 Å². The predicted molar refractivity (Wildman–Crippen MR) is 246 cm³/mol. The van der Waals surface area contributed by atoms with Gasteiger partial charge in [-0.3, -0.25) is 4.79 Å². The van der Waals surface area contributed by atoms with Gasteiger partial charge in [-0.1, -0.05) is 156 Å². The molecule has 2 heterocycles. The fourth-order valence-corrected chi connectivity index (χ4v) is 3.60. The number of carbonyl (C=O) groups is 1. The van der Waals surface area contributed by atoms with Crippen LogP contribution in [0.1, 0.15) is 180 Å². The van der Waals surface area contributed by atoms with Crippen molar-refractivity contribution in [2.24, 2.45) is 5.92 Å². The van der Waals surface area contributed by atoms with Gasteiger partial charge in [-0.05, 0) is 45.3 Å². The third-order valence-electron chi connectivity index (χ3n) is 4.24. The normalized spacial score (nSPS) is 7.61. The average Bonchev–Trinajstić information content (AvgIpc) is 3.70. The second-order valence-corrected chi connectivity index (χ2v) is 9.13. The molecular weight excluding hydrogens is 645 g/mol. The summed E-state index contributed by atoms with van der Waals surface area (Å²) in [7, 11) is 7.73. The van der Waals surface area contributed by atoms with Crippen LogP contribution in [0.3, 0.4) is 0 Å². The van der Waals surface area contributed by atoms with Gasteiger partial charge in [-0.25, -0.2) is 9.97 Å². The fraction of sp³-hybridized carbons (Fsp3) is 0.821. The van der Waals surface area contributed by atoms with Gasteiger partial charge in [-0.15, -0.1) is 22.7 Å². The molecule has 0 aliphatic carbocycles. The highest BCUT2D eigenvalue weighted by molar-refractivity contribution is 7.09. The molecule has 2 aromatic rings. The standard InChI is InChI=1S/C11H26BN3.2C5H7NS.C2H4O2.3C2H6.10CH4/c1-4-6-11(5-2)9-14-10-15(12)8-7-13-3;2*1-2-5-6-3-4-7-5;1-2(3)4;3*1-2;;;;;;;;;;/h11,13-14H,4-10H2,1-3H3;2*3-4H,2H2,1H3;1H3,(H,3,4);3*1-2H3;10*1H4. The monoisotopic (exact) mass is 748 g/mol. The number of hydrogen-bond acceptors (Lipinski definition) is 8. The topological polar surface area (TPSA) is 90.4 Å². The molecule has 310 valence electrons. The second-order valence-electron chi connectivity index (χ2n) is 7.17. The molecule has 0 spiro atoms. The van der Waals surface area contributed by atoms with Crippen LogP contribution in [-0.2, 0) is 17.6 Å².